The molecule has 1 rings (SSSR count). The van der Waals surface area contributed by atoms with Crippen LogP contribution in [0, 0.1) is 6.92 Å². The van der Waals surface area contributed by atoms with Gasteiger partial charge in [0.1, 0.15) is 0 Å². The van der Waals surface area contributed by atoms with Crippen LogP contribution in [0.25, 0.3) is 0 Å². The van der Waals surface area contributed by atoms with Gasteiger partial charge in [0.25, 0.3) is 0 Å². The second-order valence-electron chi connectivity index (χ2n) is 2.98. The zero-order valence-electron chi connectivity index (χ0n) is 8.27. The molecule has 0 unspecified atom stereocenters. The molecule has 0 bridgehead atoms. The maximum atomic E-state index is 11.1. The van der Waals surface area contributed by atoms with Gasteiger partial charge in [0, 0.05) is 12.2 Å². The molecule has 13 heavy (non-hydrogen) atoms. The maximum absolute atomic E-state index is 11.1. The minimum Gasteiger partial charge on any atom is -0.314 e. The van der Waals surface area contributed by atoms with Gasteiger partial charge in [-0.25, -0.2) is 4.79 Å². The van der Waals surface area contributed by atoms with Crippen LogP contribution in [0.2, 0.25) is 0 Å². The van der Waals surface area contributed by atoms with E-state index >= 15 is 0 Å². The summed E-state index contributed by atoms with van der Waals surface area (Å²) in [6.07, 6.45) is 0.798. The molecule has 0 saturated heterocycles. The largest absolute Gasteiger partial charge is 0.345 e. The molecule has 4 nitrogen and oxygen atoms in total. The van der Waals surface area contributed by atoms with Crippen molar-refractivity contribution in [3.63, 3.8) is 0 Å². The van der Waals surface area contributed by atoms with Crippen LogP contribution in [0.1, 0.15) is 23.9 Å². The third-order valence-electron chi connectivity index (χ3n) is 2.07. The van der Waals surface area contributed by atoms with E-state index in [-0.39, 0.29) is 5.69 Å². The van der Waals surface area contributed by atoms with Crippen molar-refractivity contribution < 1.29 is 0 Å². The SMILES string of the molecule is CCc1nc(=O)[nH]c(CNC)c1C. The lowest BCUT2D eigenvalue weighted by Crippen LogP contribution is -2.20. The van der Waals surface area contributed by atoms with Gasteiger partial charge in [0.15, 0.2) is 0 Å². The van der Waals surface area contributed by atoms with Crippen molar-refractivity contribution in [3.05, 3.63) is 27.4 Å². The van der Waals surface area contributed by atoms with Crippen molar-refractivity contribution in [3.8, 4) is 0 Å². The first-order chi connectivity index (χ1) is 6.19. The molecule has 0 fully saturated rings. The summed E-state index contributed by atoms with van der Waals surface area (Å²) in [5, 5.41) is 3.01. The van der Waals surface area contributed by atoms with Gasteiger partial charge < -0.3 is 10.3 Å². The van der Waals surface area contributed by atoms with Crippen molar-refractivity contribution in [1.29, 1.82) is 0 Å². The summed E-state index contributed by atoms with van der Waals surface area (Å²) in [4.78, 5) is 17.7. The predicted molar refractivity (Wildman–Crippen MR) is 51.7 cm³/mol. The summed E-state index contributed by atoms with van der Waals surface area (Å²) in [7, 11) is 1.85. The van der Waals surface area contributed by atoms with Crippen LogP contribution in [0.15, 0.2) is 4.79 Å². The molecule has 1 aromatic rings. The Morgan fingerprint density at radius 2 is 2.23 bits per heavy atom. The summed E-state index contributed by atoms with van der Waals surface area (Å²) < 4.78 is 0. The minimum atomic E-state index is -0.257. The topological polar surface area (TPSA) is 57.8 Å². The molecule has 0 aliphatic heterocycles. The van der Waals surface area contributed by atoms with Crippen LogP contribution in [0.5, 0.6) is 0 Å². The molecular weight excluding hydrogens is 166 g/mol. The Balaban J connectivity index is 3.19. The monoisotopic (exact) mass is 181 g/mol. The maximum Gasteiger partial charge on any atom is 0.345 e. The number of hydrogen-bond acceptors (Lipinski definition) is 3. The fraction of sp³-hybridized carbons (Fsp3) is 0.556. The molecule has 0 aliphatic rings. The van der Waals surface area contributed by atoms with E-state index in [0.29, 0.717) is 6.54 Å². The fourth-order valence-corrected chi connectivity index (χ4v) is 1.33. The Hall–Kier alpha value is -1.16. The molecule has 0 saturated carbocycles. The quantitative estimate of drug-likeness (QED) is 0.708. The molecule has 0 spiro atoms. The third-order valence-corrected chi connectivity index (χ3v) is 2.07. The first-order valence-corrected chi connectivity index (χ1v) is 4.42. The Kier molecular flexibility index (Phi) is 3.19. The average molecular weight is 181 g/mol. The van der Waals surface area contributed by atoms with Crippen molar-refractivity contribution in [2.75, 3.05) is 7.05 Å². The van der Waals surface area contributed by atoms with Gasteiger partial charge in [0.2, 0.25) is 0 Å². The number of hydrogen-bond donors (Lipinski definition) is 2. The predicted octanol–water partition coefficient (Wildman–Crippen LogP) is 0.360. The molecule has 0 aliphatic carbocycles. The van der Waals surface area contributed by atoms with Gasteiger partial charge >= 0.3 is 5.69 Å². The van der Waals surface area contributed by atoms with Gasteiger partial charge in [-0.3, -0.25) is 0 Å². The molecule has 0 aromatic carbocycles. The number of nitrogens with one attached hydrogen (secondary N) is 2. The second kappa shape index (κ2) is 4.18. The standard InChI is InChI=1S/C9H15N3O/c1-4-7-6(2)8(5-10-3)12-9(13)11-7/h10H,4-5H2,1-3H3,(H,11,12,13). The van der Waals surface area contributed by atoms with Gasteiger partial charge in [0.05, 0.1) is 5.69 Å². The first-order valence-electron chi connectivity index (χ1n) is 4.42. The van der Waals surface area contributed by atoms with Crippen LogP contribution in [0.4, 0.5) is 0 Å². The van der Waals surface area contributed by atoms with E-state index < -0.39 is 0 Å². The lowest BCUT2D eigenvalue weighted by Gasteiger charge is -2.07. The lowest BCUT2D eigenvalue weighted by atomic mass is 10.1. The van der Waals surface area contributed by atoms with Crippen LogP contribution in [0.3, 0.4) is 0 Å². The Morgan fingerprint density at radius 1 is 1.54 bits per heavy atom. The first kappa shape index (κ1) is 9.92. The van der Waals surface area contributed by atoms with E-state index in [2.05, 4.69) is 15.3 Å². The number of aromatic nitrogens is 2. The smallest absolute Gasteiger partial charge is 0.314 e. The normalized spacial score (nSPS) is 10.4. The molecule has 0 radical (unpaired) electrons. The highest BCUT2D eigenvalue weighted by Crippen LogP contribution is 2.06. The molecule has 1 heterocycles. The zero-order chi connectivity index (χ0) is 9.84. The summed E-state index contributed by atoms with van der Waals surface area (Å²) >= 11 is 0. The number of H-pyrrole nitrogens is 1. The Labute approximate surface area is 77.4 Å². The highest BCUT2D eigenvalue weighted by atomic mass is 16.1. The summed E-state index contributed by atoms with van der Waals surface area (Å²) in [5.41, 5.74) is 2.64. The van der Waals surface area contributed by atoms with E-state index in [1.165, 1.54) is 0 Å². The van der Waals surface area contributed by atoms with Gasteiger partial charge in [-0.05, 0) is 26.0 Å². The number of aryl methyl sites for hydroxylation is 1. The molecule has 4 heteroatoms. The van der Waals surface area contributed by atoms with Crippen LogP contribution >= 0.6 is 0 Å². The molecule has 0 amide bonds. The van der Waals surface area contributed by atoms with E-state index in [9.17, 15) is 4.79 Å². The van der Waals surface area contributed by atoms with Crippen LogP contribution in [-0.4, -0.2) is 17.0 Å². The minimum absolute atomic E-state index is 0.257. The van der Waals surface area contributed by atoms with E-state index in [4.69, 9.17) is 0 Å². The van der Waals surface area contributed by atoms with Gasteiger partial charge in [-0.2, -0.15) is 4.98 Å². The van der Waals surface area contributed by atoms with E-state index in [1.807, 2.05) is 20.9 Å². The molecule has 0 atom stereocenters. The lowest BCUT2D eigenvalue weighted by molar-refractivity contribution is 0.758. The fourth-order valence-electron chi connectivity index (χ4n) is 1.33. The summed E-state index contributed by atoms with van der Waals surface area (Å²) in [6, 6.07) is 0. The number of aromatic amines is 1. The highest BCUT2D eigenvalue weighted by Gasteiger charge is 2.04. The van der Waals surface area contributed by atoms with E-state index in [0.717, 1.165) is 23.4 Å². The van der Waals surface area contributed by atoms with Crippen molar-refractivity contribution in [2.24, 2.45) is 0 Å². The zero-order valence-corrected chi connectivity index (χ0v) is 8.27. The van der Waals surface area contributed by atoms with Crippen molar-refractivity contribution in [1.82, 2.24) is 15.3 Å². The van der Waals surface area contributed by atoms with Crippen LogP contribution in [-0.2, 0) is 13.0 Å². The average Bonchev–Trinajstić information content (AvgIpc) is 2.11. The van der Waals surface area contributed by atoms with Crippen LogP contribution < -0.4 is 11.0 Å². The Bertz CT molecular complexity index is 343. The molecule has 72 valence electrons. The molecule has 2 N–H and O–H groups in total. The van der Waals surface area contributed by atoms with Crippen molar-refractivity contribution >= 4 is 0 Å². The van der Waals surface area contributed by atoms with Gasteiger partial charge in [-0.15, -0.1) is 0 Å². The number of nitrogens with zero attached hydrogens (tertiary/aromatic N) is 1. The van der Waals surface area contributed by atoms with Crippen molar-refractivity contribution in [2.45, 2.75) is 26.8 Å². The Morgan fingerprint density at radius 3 is 2.77 bits per heavy atom. The van der Waals surface area contributed by atoms with Gasteiger partial charge in [-0.1, -0.05) is 6.92 Å². The molecular formula is C9H15N3O. The second-order valence-corrected chi connectivity index (χ2v) is 2.98. The third kappa shape index (κ3) is 2.15. The number of rotatable bonds is 3. The highest BCUT2D eigenvalue weighted by molar-refractivity contribution is 5.22. The molecule has 1 aromatic heterocycles. The van der Waals surface area contributed by atoms with E-state index in [1.54, 1.807) is 0 Å². The summed E-state index contributed by atoms with van der Waals surface area (Å²) in [6.45, 7) is 4.66. The summed E-state index contributed by atoms with van der Waals surface area (Å²) in [5.74, 6) is 0.